The summed E-state index contributed by atoms with van der Waals surface area (Å²) in [6.07, 6.45) is -9.78. The van der Waals surface area contributed by atoms with Crippen LogP contribution < -0.4 is 9.80 Å². The van der Waals surface area contributed by atoms with Crippen LogP contribution in [0.4, 0.5) is 38.0 Å². The van der Waals surface area contributed by atoms with Gasteiger partial charge in [0.25, 0.3) is 0 Å². The summed E-state index contributed by atoms with van der Waals surface area (Å²) in [5.41, 5.74) is 0. The second-order valence-corrected chi connectivity index (χ2v) is 6.61. The van der Waals surface area contributed by atoms with Crippen molar-refractivity contribution in [2.24, 2.45) is 5.92 Å². The van der Waals surface area contributed by atoms with E-state index in [2.05, 4.69) is 9.97 Å². The Balaban J connectivity index is 2.41. The standard InChI is InChI=1S/C15H20F6N4/c1-8-5-10(7-14(16,17)18)9(2)25(8)12-6-11(24(3)4)22-13(23-12)15(19,20)21/h6,8-10H,5,7H2,1-4H3. The highest BCUT2D eigenvalue weighted by molar-refractivity contribution is 5.52. The third kappa shape index (κ3) is 4.46. The van der Waals surface area contributed by atoms with Crippen LogP contribution in [0.15, 0.2) is 6.07 Å². The van der Waals surface area contributed by atoms with Crippen molar-refractivity contribution in [1.29, 1.82) is 0 Å². The molecule has 1 aromatic heterocycles. The lowest BCUT2D eigenvalue weighted by Gasteiger charge is -2.30. The minimum atomic E-state index is -4.74. The molecule has 0 amide bonds. The first-order chi connectivity index (χ1) is 11.3. The average Bonchev–Trinajstić information content (AvgIpc) is 2.69. The molecule has 1 aliphatic rings. The summed E-state index contributed by atoms with van der Waals surface area (Å²) < 4.78 is 77.4. The Hall–Kier alpha value is -1.74. The van der Waals surface area contributed by atoms with Gasteiger partial charge in [0.1, 0.15) is 11.6 Å². The maximum absolute atomic E-state index is 13.1. The van der Waals surface area contributed by atoms with E-state index in [1.54, 1.807) is 13.8 Å². The first-order valence-electron chi connectivity index (χ1n) is 7.78. The molecule has 0 saturated carbocycles. The van der Waals surface area contributed by atoms with Gasteiger partial charge in [0, 0.05) is 38.7 Å². The Bertz CT molecular complexity index is 613. The molecule has 2 rings (SSSR count). The van der Waals surface area contributed by atoms with E-state index < -0.39 is 36.6 Å². The van der Waals surface area contributed by atoms with E-state index in [0.29, 0.717) is 0 Å². The summed E-state index contributed by atoms with van der Waals surface area (Å²) in [5.74, 6) is -1.94. The zero-order valence-electron chi connectivity index (χ0n) is 14.3. The van der Waals surface area contributed by atoms with Gasteiger partial charge in [-0.05, 0) is 26.2 Å². The smallest absolute Gasteiger partial charge is 0.363 e. The number of anilines is 2. The van der Waals surface area contributed by atoms with Crippen molar-refractivity contribution in [3.8, 4) is 0 Å². The third-order valence-corrected chi connectivity index (χ3v) is 4.41. The molecule has 0 bridgehead atoms. The van der Waals surface area contributed by atoms with Crippen LogP contribution >= 0.6 is 0 Å². The van der Waals surface area contributed by atoms with Crippen molar-refractivity contribution in [2.75, 3.05) is 23.9 Å². The Morgan fingerprint density at radius 3 is 2.20 bits per heavy atom. The fraction of sp³-hybridized carbons (Fsp3) is 0.733. The van der Waals surface area contributed by atoms with Gasteiger partial charge in [-0.3, -0.25) is 0 Å². The van der Waals surface area contributed by atoms with Crippen LogP contribution in [0.2, 0.25) is 0 Å². The van der Waals surface area contributed by atoms with E-state index in [9.17, 15) is 26.3 Å². The predicted octanol–water partition coefficient (Wildman–Crippen LogP) is 4.12. The lowest BCUT2D eigenvalue weighted by Crippen LogP contribution is -2.36. The fourth-order valence-corrected chi connectivity index (χ4v) is 3.27. The minimum absolute atomic E-state index is 0.00398. The molecule has 0 aromatic carbocycles. The van der Waals surface area contributed by atoms with Crippen molar-refractivity contribution in [2.45, 2.75) is 51.1 Å². The average molecular weight is 370 g/mol. The van der Waals surface area contributed by atoms with Gasteiger partial charge >= 0.3 is 12.4 Å². The highest BCUT2D eigenvalue weighted by Gasteiger charge is 2.44. The Morgan fingerprint density at radius 2 is 1.72 bits per heavy atom. The van der Waals surface area contributed by atoms with E-state index >= 15 is 0 Å². The number of halogens is 6. The van der Waals surface area contributed by atoms with Crippen molar-refractivity contribution in [3.05, 3.63) is 11.9 Å². The molecule has 1 aliphatic heterocycles. The zero-order valence-corrected chi connectivity index (χ0v) is 14.3. The van der Waals surface area contributed by atoms with Crippen LogP contribution in [0.25, 0.3) is 0 Å². The molecule has 10 heteroatoms. The lowest BCUT2D eigenvalue weighted by atomic mass is 9.96. The Morgan fingerprint density at radius 1 is 1.12 bits per heavy atom. The maximum atomic E-state index is 13.1. The van der Waals surface area contributed by atoms with Gasteiger partial charge in [-0.1, -0.05) is 0 Å². The van der Waals surface area contributed by atoms with E-state index in [4.69, 9.17) is 0 Å². The van der Waals surface area contributed by atoms with Gasteiger partial charge in [-0.15, -0.1) is 0 Å². The number of alkyl halides is 6. The van der Waals surface area contributed by atoms with Gasteiger partial charge in [0.05, 0.1) is 0 Å². The number of hydrogen-bond donors (Lipinski definition) is 0. The molecule has 2 heterocycles. The summed E-state index contributed by atoms with van der Waals surface area (Å²) >= 11 is 0. The summed E-state index contributed by atoms with van der Waals surface area (Å²) in [7, 11) is 3.07. The number of rotatable bonds is 3. The highest BCUT2D eigenvalue weighted by atomic mass is 19.4. The van der Waals surface area contributed by atoms with Crippen LogP contribution in [0.5, 0.6) is 0 Å². The molecule has 0 aliphatic carbocycles. The van der Waals surface area contributed by atoms with Gasteiger partial charge < -0.3 is 9.80 Å². The largest absolute Gasteiger partial charge is 0.451 e. The van der Waals surface area contributed by atoms with Gasteiger partial charge in [0.2, 0.25) is 5.82 Å². The molecule has 1 fully saturated rings. The van der Waals surface area contributed by atoms with Gasteiger partial charge in [-0.25, -0.2) is 9.97 Å². The monoisotopic (exact) mass is 370 g/mol. The van der Waals surface area contributed by atoms with Crippen LogP contribution in [0.1, 0.15) is 32.5 Å². The molecule has 4 nitrogen and oxygen atoms in total. The van der Waals surface area contributed by atoms with Crippen LogP contribution in [-0.2, 0) is 6.18 Å². The molecule has 3 atom stereocenters. The lowest BCUT2D eigenvalue weighted by molar-refractivity contribution is -0.145. The van der Waals surface area contributed by atoms with Crippen molar-refractivity contribution in [1.82, 2.24) is 9.97 Å². The van der Waals surface area contributed by atoms with Crippen molar-refractivity contribution < 1.29 is 26.3 Å². The summed E-state index contributed by atoms with van der Waals surface area (Å²) in [4.78, 5) is 10.00. The number of hydrogen-bond acceptors (Lipinski definition) is 4. The Kier molecular flexibility index (Phi) is 5.11. The van der Waals surface area contributed by atoms with Crippen LogP contribution in [0.3, 0.4) is 0 Å². The number of aromatic nitrogens is 2. The minimum Gasteiger partial charge on any atom is -0.363 e. The molecule has 0 spiro atoms. The summed E-state index contributed by atoms with van der Waals surface area (Å²) in [6, 6.07) is 0.439. The molecule has 25 heavy (non-hydrogen) atoms. The quantitative estimate of drug-likeness (QED) is 0.750. The second-order valence-electron chi connectivity index (χ2n) is 6.61. The van der Waals surface area contributed by atoms with Crippen molar-refractivity contribution >= 4 is 11.6 Å². The van der Waals surface area contributed by atoms with E-state index in [1.807, 2.05) is 0 Å². The maximum Gasteiger partial charge on any atom is 0.451 e. The Labute approximate surface area is 141 Å². The molecule has 1 saturated heterocycles. The molecule has 0 N–H and O–H groups in total. The SMILES string of the molecule is CC1CC(CC(F)(F)F)C(C)N1c1cc(N(C)C)nc(C(F)(F)F)n1. The topological polar surface area (TPSA) is 32.3 Å². The molecule has 3 unspecified atom stereocenters. The third-order valence-electron chi connectivity index (χ3n) is 4.41. The molecular weight excluding hydrogens is 350 g/mol. The van der Waals surface area contributed by atoms with E-state index in [1.165, 1.54) is 30.0 Å². The van der Waals surface area contributed by atoms with E-state index in [0.717, 1.165) is 0 Å². The molecule has 1 aromatic rings. The van der Waals surface area contributed by atoms with Crippen molar-refractivity contribution in [3.63, 3.8) is 0 Å². The van der Waals surface area contributed by atoms with Gasteiger partial charge in [-0.2, -0.15) is 26.3 Å². The second kappa shape index (κ2) is 6.53. The first-order valence-corrected chi connectivity index (χ1v) is 7.78. The predicted molar refractivity (Wildman–Crippen MR) is 81.5 cm³/mol. The highest BCUT2D eigenvalue weighted by Crippen LogP contribution is 2.40. The molecule has 142 valence electrons. The number of nitrogens with zero attached hydrogens (tertiary/aromatic N) is 4. The summed E-state index contributed by atoms with van der Waals surface area (Å²) in [5, 5.41) is 0. The van der Waals surface area contributed by atoms with Gasteiger partial charge in [0.15, 0.2) is 0 Å². The first kappa shape index (κ1) is 19.6. The zero-order chi connectivity index (χ0) is 19.2. The van der Waals surface area contributed by atoms with Crippen LogP contribution in [-0.4, -0.2) is 42.3 Å². The molecule has 0 radical (unpaired) electrons. The molecular formula is C15H20F6N4. The summed E-state index contributed by atoms with van der Waals surface area (Å²) in [6.45, 7) is 3.28. The van der Waals surface area contributed by atoms with E-state index in [-0.39, 0.29) is 24.1 Å². The van der Waals surface area contributed by atoms with Crippen LogP contribution in [0, 0.1) is 5.92 Å². The normalized spacial score (nSPS) is 24.7. The fourth-order valence-electron chi connectivity index (χ4n) is 3.27.